The average molecular weight is 360 g/mol. The molecular formula is C16H12N2O4S2. The van der Waals surface area contributed by atoms with Gasteiger partial charge in [0.1, 0.15) is 0 Å². The first kappa shape index (κ1) is 17.8. The van der Waals surface area contributed by atoms with Crippen LogP contribution in [0.2, 0.25) is 0 Å². The number of aryl methyl sites for hydroxylation is 2. The van der Waals surface area contributed by atoms with E-state index in [1.807, 2.05) is 38.1 Å². The summed E-state index contributed by atoms with van der Waals surface area (Å²) >= 11 is 0. The Kier molecular flexibility index (Phi) is 6.66. The molecule has 0 fully saturated rings. The molecule has 24 heavy (non-hydrogen) atoms. The monoisotopic (exact) mass is 360 g/mol. The van der Waals surface area contributed by atoms with Crippen LogP contribution in [0.4, 0.5) is 0 Å². The largest absolute Gasteiger partial charge is 0.346 e. The molecule has 2 aromatic carbocycles. The Labute approximate surface area is 146 Å². The standard InChI is InChI=1S/C16H12N2O4S2/c1-11-3-5-13(7-15(11)21-17-9-19)23-24-14-6-4-12(2)16(8-14)22-18-10-20/h3-8H,1-2H3. The van der Waals surface area contributed by atoms with E-state index < -0.39 is 0 Å². The van der Waals surface area contributed by atoms with E-state index in [0.29, 0.717) is 11.5 Å². The normalized spacial score (nSPS) is 9.58. The molecule has 0 radical (unpaired) electrons. The van der Waals surface area contributed by atoms with Gasteiger partial charge in [-0.3, -0.25) is 0 Å². The summed E-state index contributed by atoms with van der Waals surface area (Å²) < 4.78 is 0. The Hall–Kier alpha value is -2.50. The number of hydrogen-bond acceptors (Lipinski definition) is 8. The van der Waals surface area contributed by atoms with Crippen LogP contribution in [0, 0.1) is 13.8 Å². The van der Waals surface area contributed by atoms with Crippen molar-refractivity contribution in [2.24, 2.45) is 10.3 Å². The van der Waals surface area contributed by atoms with Crippen LogP contribution in [-0.2, 0) is 9.59 Å². The highest BCUT2D eigenvalue weighted by atomic mass is 33.1. The second-order valence-electron chi connectivity index (χ2n) is 4.57. The zero-order valence-electron chi connectivity index (χ0n) is 12.8. The van der Waals surface area contributed by atoms with Gasteiger partial charge in [-0.1, -0.05) is 33.7 Å². The third-order valence-corrected chi connectivity index (χ3v) is 5.30. The summed E-state index contributed by atoms with van der Waals surface area (Å²) in [6.07, 6.45) is 2.68. The van der Waals surface area contributed by atoms with Gasteiger partial charge in [-0.25, -0.2) is 9.59 Å². The summed E-state index contributed by atoms with van der Waals surface area (Å²) in [6.45, 7) is 3.71. The molecule has 0 atom stereocenters. The third-order valence-electron chi connectivity index (χ3n) is 2.92. The highest BCUT2D eigenvalue weighted by Gasteiger charge is 2.06. The molecule has 0 unspecified atom stereocenters. The fourth-order valence-corrected chi connectivity index (χ4v) is 3.64. The van der Waals surface area contributed by atoms with Gasteiger partial charge in [-0.05, 0) is 49.2 Å². The maximum absolute atomic E-state index is 10.2. The van der Waals surface area contributed by atoms with Crippen molar-refractivity contribution in [2.75, 3.05) is 0 Å². The first-order valence-electron chi connectivity index (χ1n) is 6.68. The van der Waals surface area contributed by atoms with Crippen molar-refractivity contribution in [1.82, 2.24) is 0 Å². The molecule has 0 saturated carbocycles. The zero-order valence-corrected chi connectivity index (χ0v) is 14.4. The van der Waals surface area contributed by atoms with Gasteiger partial charge >= 0.3 is 0 Å². The fraction of sp³-hybridized carbons (Fsp3) is 0.125. The van der Waals surface area contributed by atoms with Gasteiger partial charge in [-0.15, -0.1) is 0 Å². The quantitative estimate of drug-likeness (QED) is 0.316. The molecule has 2 aromatic rings. The maximum atomic E-state index is 10.2. The number of benzene rings is 2. The van der Waals surface area contributed by atoms with Crippen molar-refractivity contribution in [3.8, 4) is 11.5 Å². The first-order chi connectivity index (χ1) is 11.6. The number of isocyanates is 2. The zero-order chi connectivity index (χ0) is 17.4. The molecule has 6 nitrogen and oxygen atoms in total. The minimum Gasteiger partial charge on any atom is -0.346 e. The summed E-state index contributed by atoms with van der Waals surface area (Å²) in [5.74, 6) is 0.995. The lowest BCUT2D eigenvalue weighted by Gasteiger charge is -2.07. The lowest BCUT2D eigenvalue weighted by molar-refractivity contribution is 0.333. The molecule has 0 aliphatic heterocycles. The summed E-state index contributed by atoms with van der Waals surface area (Å²) in [5, 5.41) is 6.26. The van der Waals surface area contributed by atoms with E-state index in [-0.39, 0.29) is 0 Å². The second-order valence-corrected chi connectivity index (χ2v) is 6.85. The lowest BCUT2D eigenvalue weighted by Crippen LogP contribution is -1.87. The Morgan fingerprint density at radius 2 is 1.21 bits per heavy atom. The molecule has 8 heteroatoms. The predicted molar refractivity (Wildman–Crippen MR) is 91.6 cm³/mol. The smallest absolute Gasteiger partial charge is 0.277 e. The Morgan fingerprint density at radius 3 is 1.58 bits per heavy atom. The van der Waals surface area contributed by atoms with Gasteiger partial charge < -0.3 is 9.68 Å². The van der Waals surface area contributed by atoms with Gasteiger partial charge in [0.15, 0.2) is 11.5 Å². The van der Waals surface area contributed by atoms with E-state index in [4.69, 9.17) is 9.68 Å². The van der Waals surface area contributed by atoms with Crippen LogP contribution in [0.1, 0.15) is 11.1 Å². The summed E-state index contributed by atoms with van der Waals surface area (Å²) in [6, 6.07) is 11.2. The SMILES string of the molecule is Cc1ccc(SSc2ccc(C)c(ON=C=O)c2)cc1ON=C=O. The minimum atomic E-state index is 0.497. The van der Waals surface area contributed by atoms with Crippen LogP contribution in [0.3, 0.4) is 0 Å². The lowest BCUT2D eigenvalue weighted by atomic mass is 10.2. The average Bonchev–Trinajstić information content (AvgIpc) is 2.59. The highest BCUT2D eigenvalue weighted by Crippen LogP contribution is 2.40. The molecule has 0 aliphatic carbocycles. The number of rotatable bonds is 7. The molecule has 0 bridgehead atoms. The van der Waals surface area contributed by atoms with Gasteiger partial charge in [0.05, 0.1) is 0 Å². The molecule has 0 aliphatic rings. The van der Waals surface area contributed by atoms with Crippen molar-refractivity contribution in [2.45, 2.75) is 23.6 Å². The van der Waals surface area contributed by atoms with E-state index in [2.05, 4.69) is 10.3 Å². The van der Waals surface area contributed by atoms with Crippen molar-refractivity contribution >= 4 is 33.7 Å². The Morgan fingerprint density at radius 1 is 0.792 bits per heavy atom. The molecule has 0 amide bonds. The minimum absolute atomic E-state index is 0.497. The number of nitrogens with zero attached hydrogens (tertiary/aromatic N) is 2. The molecule has 2 rings (SSSR count). The van der Waals surface area contributed by atoms with Crippen LogP contribution >= 0.6 is 21.6 Å². The third kappa shape index (κ3) is 5.01. The van der Waals surface area contributed by atoms with Crippen molar-refractivity contribution < 1.29 is 19.3 Å². The molecule has 0 aromatic heterocycles. The van der Waals surface area contributed by atoms with Gasteiger partial charge in [-0.2, -0.15) is 0 Å². The Balaban J connectivity index is 2.10. The fourth-order valence-electron chi connectivity index (χ4n) is 1.69. The van der Waals surface area contributed by atoms with Crippen LogP contribution in [0.5, 0.6) is 11.5 Å². The van der Waals surface area contributed by atoms with Crippen molar-refractivity contribution in [1.29, 1.82) is 0 Å². The van der Waals surface area contributed by atoms with Crippen molar-refractivity contribution in [3.63, 3.8) is 0 Å². The Bertz CT molecular complexity index is 759. The van der Waals surface area contributed by atoms with Crippen LogP contribution < -0.4 is 9.68 Å². The first-order valence-corrected chi connectivity index (χ1v) is 8.83. The van der Waals surface area contributed by atoms with E-state index in [9.17, 15) is 9.59 Å². The summed E-state index contributed by atoms with van der Waals surface area (Å²) in [4.78, 5) is 32.1. The van der Waals surface area contributed by atoms with E-state index >= 15 is 0 Å². The molecular weight excluding hydrogens is 348 g/mol. The summed E-state index contributed by atoms with van der Waals surface area (Å²) in [7, 11) is 3.00. The van der Waals surface area contributed by atoms with Gasteiger partial charge in [0, 0.05) is 20.1 Å². The molecule has 122 valence electrons. The van der Waals surface area contributed by atoms with Crippen LogP contribution in [0.25, 0.3) is 0 Å². The molecule has 0 N–H and O–H groups in total. The van der Waals surface area contributed by atoms with Crippen molar-refractivity contribution in [3.05, 3.63) is 47.5 Å². The molecule has 0 heterocycles. The highest BCUT2D eigenvalue weighted by molar-refractivity contribution is 8.76. The summed E-state index contributed by atoms with van der Waals surface area (Å²) in [5.41, 5.74) is 1.72. The molecule has 0 saturated heterocycles. The van der Waals surface area contributed by atoms with E-state index in [1.54, 1.807) is 12.1 Å². The van der Waals surface area contributed by atoms with E-state index in [1.165, 1.54) is 33.7 Å². The van der Waals surface area contributed by atoms with Gasteiger partial charge in [0.2, 0.25) is 0 Å². The number of hydrogen-bond donors (Lipinski definition) is 0. The van der Waals surface area contributed by atoms with Crippen LogP contribution in [-0.4, -0.2) is 12.2 Å². The van der Waals surface area contributed by atoms with Gasteiger partial charge in [0.25, 0.3) is 12.2 Å². The topological polar surface area (TPSA) is 77.3 Å². The maximum Gasteiger partial charge on any atom is 0.277 e. The second kappa shape index (κ2) is 8.96. The van der Waals surface area contributed by atoms with Crippen LogP contribution in [0.15, 0.2) is 56.5 Å². The number of carbonyl (C=O) groups excluding carboxylic acids is 2. The van der Waals surface area contributed by atoms with E-state index in [0.717, 1.165) is 20.9 Å². The predicted octanol–water partition coefficient (Wildman–Crippen LogP) is 4.36. The molecule has 0 spiro atoms.